The van der Waals surface area contributed by atoms with Gasteiger partial charge in [-0.2, -0.15) is 0 Å². The van der Waals surface area contributed by atoms with Crippen molar-refractivity contribution in [3.8, 4) is 0 Å². The Morgan fingerprint density at radius 1 is 1.19 bits per heavy atom. The number of hydrogen-bond donors (Lipinski definition) is 1. The number of ether oxygens (including phenoxy) is 1. The summed E-state index contributed by atoms with van der Waals surface area (Å²) in [5.41, 5.74) is 6.14. The minimum atomic E-state index is 0.435. The summed E-state index contributed by atoms with van der Waals surface area (Å²) >= 11 is 0. The van der Waals surface area contributed by atoms with E-state index in [0.29, 0.717) is 12.1 Å². The van der Waals surface area contributed by atoms with Crippen molar-refractivity contribution in [3.63, 3.8) is 0 Å². The van der Waals surface area contributed by atoms with E-state index in [1.54, 1.807) is 0 Å². The van der Waals surface area contributed by atoms with E-state index in [4.69, 9.17) is 10.5 Å². The predicted molar refractivity (Wildman–Crippen MR) is 69.5 cm³/mol. The van der Waals surface area contributed by atoms with Gasteiger partial charge in [0.05, 0.1) is 6.10 Å². The predicted octanol–water partition coefficient (Wildman–Crippen LogP) is 3.49. The van der Waals surface area contributed by atoms with Gasteiger partial charge in [-0.15, -0.1) is 0 Å². The van der Waals surface area contributed by atoms with Gasteiger partial charge in [-0.1, -0.05) is 32.6 Å². The van der Waals surface area contributed by atoms with Gasteiger partial charge in [0.1, 0.15) is 0 Å². The van der Waals surface area contributed by atoms with Crippen LogP contribution in [0.1, 0.15) is 65.2 Å². The van der Waals surface area contributed by atoms with Crippen molar-refractivity contribution < 1.29 is 4.74 Å². The molecule has 1 atom stereocenters. The number of unbranched alkanes of at least 4 members (excludes halogenated alkanes) is 3. The van der Waals surface area contributed by atoms with Crippen molar-refractivity contribution in [3.05, 3.63) is 0 Å². The van der Waals surface area contributed by atoms with E-state index in [0.717, 1.165) is 12.5 Å². The normalized spacial score (nSPS) is 26.4. The molecular formula is C14H29NO. The maximum absolute atomic E-state index is 6.14. The van der Waals surface area contributed by atoms with E-state index in [1.165, 1.54) is 51.4 Å². The van der Waals surface area contributed by atoms with Gasteiger partial charge >= 0.3 is 0 Å². The van der Waals surface area contributed by atoms with Crippen LogP contribution in [0.15, 0.2) is 0 Å². The maximum atomic E-state index is 6.14. The molecule has 2 heteroatoms. The Kier molecular flexibility index (Phi) is 7.06. The fourth-order valence-electron chi connectivity index (χ4n) is 2.62. The number of rotatable bonds is 9. The molecule has 0 spiro atoms. The second kappa shape index (κ2) is 8.08. The lowest BCUT2D eigenvalue weighted by atomic mass is 9.77. The highest BCUT2D eigenvalue weighted by Crippen LogP contribution is 2.33. The third kappa shape index (κ3) is 5.31. The van der Waals surface area contributed by atoms with Crippen molar-refractivity contribution in [1.29, 1.82) is 0 Å². The summed E-state index contributed by atoms with van der Waals surface area (Å²) in [6.07, 6.45) is 10.8. The first-order chi connectivity index (χ1) is 7.76. The van der Waals surface area contributed by atoms with Crippen LogP contribution >= 0.6 is 0 Å². The summed E-state index contributed by atoms with van der Waals surface area (Å²) in [6.45, 7) is 5.19. The second-order valence-electron chi connectivity index (χ2n) is 5.26. The van der Waals surface area contributed by atoms with Crippen molar-refractivity contribution in [2.45, 2.75) is 77.4 Å². The van der Waals surface area contributed by atoms with E-state index >= 15 is 0 Å². The highest BCUT2D eigenvalue weighted by molar-refractivity contribution is 4.83. The van der Waals surface area contributed by atoms with E-state index in [1.807, 2.05) is 0 Å². The lowest BCUT2D eigenvalue weighted by Crippen LogP contribution is -2.35. The largest absolute Gasteiger partial charge is 0.378 e. The average molecular weight is 227 g/mol. The number of hydrogen-bond acceptors (Lipinski definition) is 2. The van der Waals surface area contributed by atoms with Crippen LogP contribution < -0.4 is 5.73 Å². The molecule has 1 fully saturated rings. The smallest absolute Gasteiger partial charge is 0.0580 e. The van der Waals surface area contributed by atoms with Gasteiger partial charge in [-0.3, -0.25) is 0 Å². The molecule has 2 nitrogen and oxygen atoms in total. The summed E-state index contributed by atoms with van der Waals surface area (Å²) in [4.78, 5) is 0. The van der Waals surface area contributed by atoms with E-state index < -0.39 is 0 Å². The van der Waals surface area contributed by atoms with Crippen LogP contribution in [-0.4, -0.2) is 18.8 Å². The number of nitrogens with two attached hydrogens (primary N) is 1. The molecule has 0 bridgehead atoms. The van der Waals surface area contributed by atoms with E-state index in [9.17, 15) is 0 Å². The van der Waals surface area contributed by atoms with Gasteiger partial charge in [-0.05, 0) is 38.5 Å². The molecule has 16 heavy (non-hydrogen) atoms. The lowest BCUT2D eigenvalue weighted by Gasteiger charge is -2.36. The second-order valence-corrected chi connectivity index (χ2v) is 5.26. The first kappa shape index (κ1) is 14.0. The van der Waals surface area contributed by atoms with Gasteiger partial charge in [-0.25, -0.2) is 0 Å². The molecule has 0 aromatic rings. The van der Waals surface area contributed by atoms with Gasteiger partial charge in [0, 0.05) is 12.6 Å². The Balaban J connectivity index is 1.93. The summed E-state index contributed by atoms with van der Waals surface area (Å²) in [7, 11) is 0. The standard InChI is InChI=1S/C14H29NO/c1-3-5-6-7-8-13(15)9-12-10-14(11-12)16-4-2/h12-14H,3-11,15H2,1-2H3. The van der Waals surface area contributed by atoms with Crippen LogP contribution in [0.25, 0.3) is 0 Å². The topological polar surface area (TPSA) is 35.2 Å². The quantitative estimate of drug-likeness (QED) is 0.612. The van der Waals surface area contributed by atoms with Crippen LogP contribution in [0.5, 0.6) is 0 Å². The van der Waals surface area contributed by atoms with Gasteiger partial charge in [0.15, 0.2) is 0 Å². The Morgan fingerprint density at radius 2 is 1.94 bits per heavy atom. The first-order valence-electron chi connectivity index (χ1n) is 7.13. The van der Waals surface area contributed by atoms with Crippen molar-refractivity contribution in [1.82, 2.24) is 0 Å². The van der Waals surface area contributed by atoms with Crippen molar-refractivity contribution in [2.24, 2.45) is 11.7 Å². The molecule has 1 unspecified atom stereocenters. The highest BCUT2D eigenvalue weighted by Gasteiger charge is 2.30. The van der Waals surface area contributed by atoms with Crippen LogP contribution in [0, 0.1) is 5.92 Å². The van der Waals surface area contributed by atoms with Crippen molar-refractivity contribution >= 4 is 0 Å². The molecule has 2 N–H and O–H groups in total. The van der Waals surface area contributed by atoms with Crippen LogP contribution in [0.4, 0.5) is 0 Å². The van der Waals surface area contributed by atoms with Crippen LogP contribution in [0.3, 0.4) is 0 Å². The molecule has 0 aromatic heterocycles. The molecule has 0 amide bonds. The SMILES string of the molecule is CCCCCCC(N)CC1CC(OCC)C1. The lowest BCUT2D eigenvalue weighted by molar-refractivity contribution is -0.0283. The summed E-state index contributed by atoms with van der Waals surface area (Å²) in [6, 6.07) is 0.435. The molecular weight excluding hydrogens is 198 g/mol. The Hall–Kier alpha value is -0.0800. The molecule has 1 saturated carbocycles. The van der Waals surface area contributed by atoms with E-state index in [-0.39, 0.29) is 0 Å². The molecule has 0 aromatic carbocycles. The first-order valence-corrected chi connectivity index (χ1v) is 7.13. The molecule has 0 heterocycles. The third-order valence-electron chi connectivity index (χ3n) is 3.66. The zero-order valence-electron chi connectivity index (χ0n) is 11.1. The molecule has 96 valence electrons. The summed E-state index contributed by atoms with van der Waals surface area (Å²) in [5.74, 6) is 0.845. The molecule has 0 aliphatic heterocycles. The van der Waals surface area contributed by atoms with Crippen LogP contribution in [0.2, 0.25) is 0 Å². The van der Waals surface area contributed by atoms with Gasteiger partial charge < -0.3 is 10.5 Å². The molecule has 0 saturated heterocycles. The fraction of sp³-hybridized carbons (Fsp3) is 1.00. The zero-order chi connectivity index (χ0) is 11.8. The summed E-state index contributed by atoms with van der Waals surface area (Å²) < 4.78 is 5.56. The zero-order valence-corrected chi connectivity index (χ0v) is 11.1. The average Bonchev–Trinajstić information content (AvgIpc) is 2.21. The Labute approximate surface area is 101 Å². The molecule has 0 radical (unpaired) electrons. The fourth-order valence-corrected chi connectivity index (χ4v) is 2.62. The molecule has 1 aliphatic carbocycles. The monoisotopic (exact) mass is 227 g/mol. The minimum absolute atomic E-state index is 0.435. The van der Waals surface area contributed by atoms with Gasteiger partial charge in [0.25, 0.3) is 0 Å². The minimum Gasteiger partial charge on any atom is -0.378 e. The van der Waals surface area contributed by atoms with Gasteiger partial charge in [0.2, 0.25) is 0 Å². The highest BCUT2D eigenvalue weighted by atomic mass is 16.5. The summed E-state index contributed by atoms with van der Waals surface area (Å²) in [5, 5.41) is 0. The molecule has 1 aliphatic rings. The third-order valence-corrected chi connectivity index (χ3v) is 3.66. The van der Waals surface area contributed by atoms with Crippen LogP contribution in [-0.2, 0) is 4.74 Å². The Morgan fingerprint density at radius 3 is 2.56 bits per heavy atom. The van der Waals surface area contributed by atoms with E-state index in [2.05, 4.69) is 13.8 Å². The van der Waals surface area contributed by atoms with Crippen molar-refractivity contribution in [2.75, 3.05) is 6.61 Å². The molecule has 1 rings (SSSR count). The maximum Gasteiger partial charge on any atom is 0.0580 e. The Bertz CT molecular complexity index is 166.